The number of nitrogens with two attached hydrogens (primary N) is 1. The smallest absolute Gasteiger partial charge is 0.341 e. The molecule has 0 spiro atoms. The summed E-state index contributed by atoms with van der Waals surface area (Å²) < 4.78 is 4.65. The summed E-state index contributed by atoms with van der Waals surface area (Å²) in [5.74, 6) is 0.218. The maximum Gasteiger partial charge on any atom is 0.341 e. The molecule has 0 aliphatic carbocycles. The highest BCUT2D eigenvalue weighted by Gasteiger charge is 2.22. The van der Waals surface area contributed by atoms with Crippen LogP contribution in [-0.4, -0.2) is 42.2 Å². The zero-order valence-corrected chi connectivity index (χ0v) is 10.0. The van der Waals surface area contributed by atoms with E-state index in [9.17, 15) is 4.79 Å². The largest absolute Gasteiger partial charge is 0.465 e. The molecule has 17 heavy (non-hydrogen) atoms. The van der Waals surface area contributed by atoms with Gasteiger partial charge >= 0.3 is 5.97 Å². The molecule has 0 unspecified atom stereocenters. The minimum atomic E-state index is -0.410. The van der Waals surface area contributed by atoms with Gasteiger partial charge < -0.3 is 15.4 Å². The van der Waals surface area contributed by atoms with E-state index in [0.29, 0.717) is 17.2 Å². The molecule has 0 radical (unpaired) electrons. The lowest BCUT2D eigenvalue weighted by atomic mass is 10.2. The van der Waals surface area contributed by atoms with Gasteiger partial charge in [-0.3, -0.25) is 0 Å². The number of aryl methyl sites for hydroxylation is 1. The van der Waals surface area contributed by atoms with Crippen molar-refractivity contribution in [2.24, 2.45) is 5.73 Å². The van der Waals surface area contributed by atoms with Gasteiger partial charge in [-0.15, -0.1) is 0 Å². The molecule has 6 heteroatoms. The molecular formula is C11H16N4O2. The van der Waals surface area contributed by atoms with Crippen LogP contribution in [0, 0.1) is 6.92 Å². The number of nitrogens with zero attached hydrogens (tertiary/aromatic N) is 3. The molecule has 1 aromatic heterocycles. The van der Waals surface area contributed by atoms with Gasteiger partial charge in [0.05, 0.1) is 18.4 Å². The number of methoxy groups -OCH3 is 1. The molecule has 2 heterocycles. The summed E-state index contributed by atoms with van der Waals surface area (Å²) in [5, 5.41) is 0. The minimum Gasteiger partial charge on any atom is -0.465 e. The van der Waals surface area contributed by atoms with Gasteiger partial charge in [-0.2, -0.15) is 0 Å². The Labute approximate surface area is 99.8 Å². The van der Waals surface area contributed by atoms with Crippen LogP contribution >= 0.6 is 0 Å². The first-order valence-electron chi connectivity index (χ1n) is 5.54. The molecule has 0 saturated carbocycles. The number of carbonyl (C=O) groups excluding carboxylic acids is 1. The van der Waals surface area contributed by atoms with Crippen LogP contribution in [0.4, 0.5) is 5.95 Å². The third kappa shape index (κ3) is 2.36. The molecule has 1 aromatic rings. The van der Waals surface area contributed by atoms with Crippen molar-refractivity contribution in [3.63, 3.8) is 0 Å². The molecule has 0 bridgehead atoms. The molecule has 2 N–H and O–H groups in total. The maximum absolute atomic E-state index is 11.4. The fraction of sp³-hybridized carbons (Fsp3) is 0.545. The minimum absolute atomic E-state index is 0.180. The van der Waals surface area contributed by atoms with E-state index < -0.39 is 5.97 Å². The zero-order valence-electron chi connectivity index (χ0n) is 10.0. The number of aromatic nitrogens is 2. The van der Waals surface area contributed by atoms with Crippen molar-refractivity contribution in [3.05, 3.63) is 17.5 Å². The lowest BCUT2D eigenvalue weighted by Crippen LogP contribution is -2.28. The molecule has 0 amide bonds. The molecule has 1 aliphatic heterocycles. The SMILES string of the molecule is COC(=O)c1cnc(N2CC[C@@H](N)C2)nc1C. The van der Waals surface area contributed by atoms with Gasteiger partial charge in [-0.05, 0) is 13.3 Å². The normalized spacial score (nSPS) is 19.5. The lowest BCUT2D eigenvalue weighted by Gasteiger charge is -2.16. The van der Waals surface area contributed by atoms with Crippen LogP contribution in [0.25, 0.3) is 0 Å². The molecule has 1 fully saturated rings. The van der Waals surface area contributed by atoms with Gasteiger partial charge in [0.1, 0.15) is 0 Å². The van der Waals surface area contributed by atoms with Gasteiger partial charge in [-0.25, -0.2) is 14.8 Å². The van der Waals surface area contributed by atoms with E-state index in [1.54, 1.807) is 6.92 Å². The van der Waals surface area contributed by atoms with E-state index in [0.717, 1.165) is 19.5 Å². The van der Waals surface area contributed by atoms with Crippen molar-refractivity contribution in [2.75, 3.05) is 25.1 Å². The predicted molar refractivity (Wildman–Crippen MR) is 62.9 cm³/mol. The van der Waals surface area contributed by atoms with Crippen LogP contribution in [-0.2, 0) is 4.74 Å². The van der Waals surface area contributed by atoms with Gasteiger partial charge in [0.15, 0.2) is 0 Å². The van der Waals surface area contributed by atoms with Crippen molar-refractivity contribution in [2.45, 2.75) is 19.4 Å². The summed E-state index contributed by atoms with van der Waals surface area (Å²) in [4.78, 5) is 21.9. The maximum atomic E-state index is 11.4. The second-order valence-electron chi connectivity index (χ2n) is 4.16. The van der Waals surface area contributed by atoms with Crippen molar-refractivity contribution >= 4 is 11.9 Å². The van der Waals surface area contributed by atoms with Crippen LogP contribution in [0.1, 0.15) is 22.5 Å². The first kappa shape index (κ1) is 11.8. The van der Waals surface area contributed by atoms with Crippen LogP contribution < -0.4 is 10.6 Å². The summed E-state index contributed by atoms with van der Waals surface area (Å²) in [6.45, 7) is 3.39. The quantitative estimate of drug-likeness (QED) is 0.734. The second kappa shape index (κ2) is 4.67. The van der Waals surface area contributed by atoms with E-state index in [1.807, 2.05) is 4.90 Å². The Hall–Kier alpha value is -1.69. The Morgan fingerprint density at radius 1 is 1.65 bits per heavy atom. The predicted octanol–water partition coefficient (Wildman–Crippen LogP) is 0.109. The molecule has 1 atom stereocenters. The first-order valence-corrected chi connectivity index (χ1v) is 5.54. The molecule has 6 nitrogen and oxygen atoms in total. The number of hydrogen-bond donors (Lipinski definition) is 1. The monoisotopic (exact) mass is 236 g/mol. The average Bonchev–Trinajstić information content (AvgIpc) is 2.75. The number of carbonyl (C=O) groups is 1. The van der Waals surface area contributed by atoms with E-state index in [-0.39, 0.29) is 6.04 Å². The molecular weight excluding hydrogens is 220 g/mol. The number of esters is 1. The fourth-order valence-corrected chi connectivity index (χ4v) is 1.89. The highest BCUT2D eigenvalue weighted by molar-refractivity contribution is 5.90. The summed E-state index contributed by atoms with van der Waals surface area (Å²) in [5.41, 5.74) is 6.86. The zero-order chi connectivity index (χ0) is 12.4. The topological polar surface area (TPSA) is 81.3 Å². The van der Waals surface area contributed by atoms with Crippen LogP contribution in [0.2, 0.25) is 0 Å². The van der Waals surface area contributed by atoms with Crippen molar-refractivity contribution in [1.29, 1.82) is 0 Å². The fourth-order valence-electron chi connectivity index (χ4n) is 1.89. The Morgan fingerprint density at radius 2 is 2.41 bits per heavy atom. The average molecular weight is 236 g/mol. The van der Waals surface area contributed by atoms with Crippen LogP contribution in [0.3, 0.4) is 0 Å². The Bertz CT molecular complexity index is 435. The Morgan fingerprint density at radius 3 is 2.94 bits per heavy atom. The highest BCUT2D eigenvalue weighted by atomic mass is 16.5. The van der Waals surface area contributed by atoms with Gasteiger partial charge in [0.2, 0.25) is 5.95 Å². The van der Waals surface area contributed by atoms with Crippen molar-refractivity contribution < 1.29 is 9.53 Å². The number of hydrogen-bond acceptors (Lipinski definition) is 6. The first-order chi connectivity index (χ1) is 8.11. The standard InChI is InChI=1S/C11H16N4O2/c1-7-9(10(16)17-2)5-13-11(14-7)15-4-3-8(12)6-15/h5,8H,3-4,6,12H2,1-2H3/t8-/m1/s1. The van der Waals surface area contributed by atoms with Gasteiger partial charge in [0.25, 0.3) is 0 Å². The second-order valence-corrected chi connectivity index (χ2v) is 4.16. The molecule has 1 aliphatic rings. The molecule has 2 rings (SSSR count). The van der Waals surface area contributed by atoms with Crippen LogP contribution in [0.5, 0.6) is 0 Å². The van der Waals surface area contributed by atoms with Crippen molar-refractivity contribution in [3.8, 4) is 0 Å². The van der Waals surface area contributed by atoms with E-state index >= 15 is 0 Å². The van der Waals surface area contributed by atoms with E-state index in [1.165, 1.54) is 13.3 Å². The summed E-state index contributed by atoms with van der Waals surface area (Å²) in [6.07, 6.45) is 2.45. The van der Waals surface area contributed by atoms with Crippen LogP contribution in [0.15, 0.2) is 6.20 Å². The number of anilines is 1. The third-order valence-corrected chi connectivity index (χ3v) is 2.88. The van der Waals surface area contributed by atoms with E-state index in [4.69, 9.17) is 5.73 Å². The van der Waals surface area contributed by atoms with Gasteiger partial charge in [-0.1, -0.05) is 0 Å². The summed E-state index contributed by atoms with van der Waals surface area (Å²) in [7, 11) is 1.34. The van der Waals surface area contributed by atoms with Crippen molar-refractivity contribution in [1.82, 2.24) is 9.97 Å². The van der Waals surface area contributed by atoms with E-state index in [2.05, 4.69) is 14.7 Å². The third-order valence-electron chi connectivity index (χ3n) is 2.88. The summed E-state index contributed by atoms with van der Waals surface area (Å²) >= 11 is 0. The molecule has 0 aromatic carbocycles. The highest BCUT2D eigenvalue weighted by Crippen LogP contribution is 2.16. The number of rotatable bonds is 2. The summed E-state index contributed by atoms with van der Waals surface area (Å²) in [6, 6.07) is 0.180. The van der Waals surface area contributed by atoms with Gasteiger partial charge in [0, 0.05) is 25.3 Å². The molecule has 1 saturated heterocycles. The lowest BCUT2D eigenvalue weighted by molar-refractivity contribution is 0.0599. The Kier molecular flexibility index (Phi) is 3.23. The Balaban J connectivity index is 2.22. The number of ether oxygens (including phenoxy) is 1. The molecule has 92 valence electrons.